The van der Waals surface area contributed by atoms with Gasteiger partial charge in [0, 0.05) is 55.7 Å². The van der Waals surface area contributed by atoms with E-state index in [-0.39, 0.29) is 38.6 Å². The summed E-state index contributed by atoms with van der Waals surface area (Å²) in [6.45, 7) is 5.99. The Bertz CT molecular complexity index is 1480. The normalized spacial score (nSPS) is 15.7. The van der Waals surface area contributed by atoms with Gasteiger partial charge in [-0.3, -0.25) is 9.80 Å². The van der Waals surface area contributed by atoms with Crippen LogP contribution in [0, 0.1) is 6.54 Å². The smallest absolute Gasteiger partial charge is 0.225 e. The second kappa shape index (κ2) is 11.9. The first-order valence-electron chi connectivity index (χ1n) is 11.5. The Morgan fingerprint density at radius 1 is 1.16 bits per heavy atom. The van der Waals surface area contributed by atoms with E-state index in [4.69, 9.17) is 23.2 Å². The number of nitrogens with zero attached hydrogens (tertiary/aromatic N) is 4. The number of rotatable bonds is 6. The first-order valence-corrected chi connectivity index (χ1v) is 12.3. The molecule has 9 heteroatoms. The number of nitrogens with one attached hydrogen (secondary N) is 1. The van der Waals surface area contributed by atoms with Gasteiger partial charge in [-0.25, -0.2) is 11.2 Å². The van der Waals surface area contributed by atoms with E-state index in [0.29, 0.717) is 28.5 Å². The first-order chi connectivity index (χ1) is 17.4. The quantitative estimate of drug-likeness (QED) is 0.347. The Hall–Kier alpha value is -2.51. The van der Waals surface area contributed by atoms with Gasteiger partial charge in [0.15, 0.2) is 0 Å². The van der Waals surface area contributed by atoms with Gasteiger partial charge >= 0.3 is 0 Å². The average Bonchev–Trinajstić information content (AvgIpc) is 3.30. The molecule has 0 saturated carbocycles. The number of hydrazone groups is 1. The van der Waals surface area contributed by atoms with Gasteiger partial charge in [0.05, 0.1) is 39.9 Å². The van der Waals surface area contributed by atoms with Crippen LogP contribution in [0.2, 0.25) is 0 Å². The summed E-state index contributed by atoms with van der Waals surface area (Å²) in [5, 5.41) is 15.6. The maximum atomic E-state index is 12.5. The molecular formula is C28H24Cl2N5OY-. The fraction of sp³-hybridized carbons (Fsp3) is 0.143. The number of carbonyl (C=O) groups excluding carboxylic acids is 1. The monoisotopic (exact) mass is 605 g/mol. The van der Waals surface area contributed by atoms with Crippen molar-refractivity contribution in [1.82, 2.24) is 20.1 Å². The van der Waals surface area contributed by atoms with Crippen molar-refractivity contribution in [3.63, 3.8) is 0 Å². The van der Waals surface area contributed by atoms with E-state index >= 15 is 0 Å². The standard InChI is InChI=1S/C28H24Cl2N5O.Y/c1-18-26(25(17-32-34(18)2)35-24-9-4-3-6-21(24)16-33-35)20-12-10-19(11-13-20)14-15-31-28(36)27-22(29)7-5-8-23(27)30;/h3-4,6-7,9-13,15-17H,1,5,8,14H2,2H3,(H,31,36);/q-1;. The molecule has 2 aromatic carbocycles. The molecule has 0 bridgehead atoms. The van der Waals surface area contributed by atoms with Crippen molar-refractivity contribution in [2.24, 2.45) is 5.10 Å². The number of hydrogen-bond donors (Lipinski definition) is 1. The van der Waals surface area contributed by atoms with Crippen molar-refractivity contribution in [2.45, 2.75) is 19.3 Å². The largest absolute Gasteiger partial charge is 0.501 e. The number of fused-ring (bicyclic) bond motifs is 1. The summed E-state index contributed by atoms with van der Waals surface area (Å²) in [4.78, 5) is 12.5. The maximum Gasteiger partial charge on any atom is 0.225 e. The van der Waals surface area contributed by atoms with Crippen LogP contribution in [-0.2, 0) is 43.9 Å². The molecule has 6 nitrogen and oxygen atoms in total. The number of carbonyl (C=O) groups is 1. The van der Waals surface area contributed by atoms with E-state index in [9.17, 15) is 4.79 Å². The fourth-order valence-electron chi connectivity index (χ4n) is 4.28. The molecule has 1 N–H and O–H groups in total. The van der Waals surface area contributed by atoms with Crippen molar-refractivity contribution in [1.29, 1.82) is 0 Å². The number of para-hydroxylation sites is 1. The Labute approximate surface area is 251 Å². The molecule has 1 radical (unpaired) electrons. The van der Waals surface area contributed by atoms with Gasteiger partial charge in [-0.15, -0.1) is 6.42 Å². The van der Waals surface area contributed by atoms with Crippen LogP contribution in [0.5, 0.6) is 0 Å². The van der Waals surface area contributed by atoms with Crippen molar-refractivity contribution < 1.29 is 37.5 Å². The fourth-order valence-corrected chi connectivity index (χ4v) is 4.93. The van der Waals surface area contributed by atoms with Gasteiger partial charge in [-0.1, -0.05) is 83.9 Å². The summed E-state index contributed by atoms with van der Waals surface area (Å²) >= 11 is 12.4. The van der Waals surface area contributed by atoms with Crippen LogP contribution in [0.25, 0.3) is 22.2 Å². The number of halogens is 2. The minimum Gasteiger partial charge on any atom is -0.501 e. The van der Waals surface area contributed by atoms with E-state index in [0.717, 1.165) is 45.4 Å². The molecule has 2 heterocycles. The summed E-state index contributed by atoms with van der Waals surface area (Å²) in [6.07, 6.45) is 7.40. The van der Waals surface area contributed by atoms with Crippen LogP contribution < -0.4 is 5.32 Å². The minimum absolute atomic E-state index is 0. The average molecular weight is 606 g/mol. The molecule has 2 aliphatic rings. The molecule has 0 fully saturated rings. The summed E-state index contributed by atoms with van der Waals surface area (Å²) in [7, 11) is 1.87. The molecule has 5 rings (SSSR count). The molecule has 0 saturated heterocycles. The SMILES string of the molecule is C=C1C(c2ccc(C[CH-]NC(=O)C3=C(Cl)CCC=C3Cl)cc2)=C(n2ncc3ccccc32)C=NN1C.[Y]. The number of amides is 1. The number of benzene rings is 2. The summed E-state index contributed by atoms with van der Waals surface area (Å²) in [5.74, 6) is -0.292. The molecule has 37 heavy (non-hydrogen) atoms. The molecular weight excluding hydrogens is 582 g/mol. The second-order valence-corrected chi connectivity index (χ2v) is 9.40. The number of hydrogen-bond acceptors (Lipinski definition) is 4. The Morgan fingerprint density at radius 3 is 2.68 bits per heavy atom. The van der Waals surface area contributed by atoms with Crippen molar-refractivity contribution in [2.75, 3.05) is 7.05 Å². The topological polar surface area (TPSA) is 62.5 Å². The number of likely N-dealkylation sites (N-methyl/N-ethyl adjacent to an activating group) is 1. The summed E-state index contributed by atoms with van der Waals surface area (Å²) < 4.78 is 1.90. The van der Waals surface area contributed by atoms with Gasteiger partial charge < -0.3 is 5.32 Å². The van der Waals surface area contributed by atoms with E-state index in [1.54, 1.807) is 11.6 Å². The van der Waals surface area contributed by atoms with Gasteiger partial charge in [0.1, 0.15) is 0 Å². The maximum absolute atomic E-state index is 12.5. The minimum atomic E-state index is -0.292. The van der Waals surface area contributed by atoms with Crippen LogP contribution in [0.15, 0.2) is 93.8 Å². The first kappa shape index (κ1) is 27.5. The van der Waals surface area contributed by atoms with Crippen LogP contribution in [0.4, 0.5) is 0 Å². The van der Waals surface area contributed by atoms with Crippen LogP contribution in [0.3, 0.4) is 0 Å². The van der Waals surface area contributed by atoms with Gasteiger partial charge in [0.25, 0.3) is 0 Å². The number of allylic oxidation sites excluding steroid dienone is 4. The second-order valence-electron chi connectivity index (χ2n) is 8.54. The molecule has 3 aromatic rings. The summed E-state index contributed by atoms with van der Waals surface area (Å²) in [5.41, 5.74) is 5.97. The third-order valence-corrected chi connectivity index (χ3v) is 6.95. The molecule has 1 aliphatic carbocycles. The molecule has 0 spiro atoms. The zero-order valence-corrected chi connectivity index (χ0v) is 24.6. The Kier molecular flexibility index (Phi) is 8.86. The zero-order chi connectivity index (χ0) is 25.2. The third kappa shape index (κ3) is 5.68. The van der Waals surface area contributed by atoms with Crippen molar-refractivity contribution in [3.8, 4) is 0 Å². The predicted octanol–water partition coefficient (Wildman–Crippen LogP) is 6.08. The molecule has 0 unspecified atom stereocenters. The van der Waals surface area contributed by atoms with Gasteiger partial charge in [-0.05, 0) is 24.5 Å². The van der Waals surface area contributed by atoms with Gasteiger partial charge in [0.2, 0.25) is 5.91 Å². The molecule has 185 valence electrons. The molecule has 1 aliphatic heterocycles. The molecule has 1 aromatic heterocycles. The number of aromatic nitrogens is 2. The van der Waals surface area contributed by atoms with E-state index in [2.05, 4.69) is 22.1 Å². The van der Waals surface area contributed by atoms with Crippen molar-refractivity contribution >= 4 is 57.5 Å². The van der Waals surface area contributed by atoms with Gasteiger partial charge in [-0.2, -0.15) is 10.2 Å². The summed E-state index contributed by atoms with van der Waals surface area (Å²) in [6, 6.07) is 16.2. The van der Waals surface area contributed by atoms with Crippen LogP contribution in [0.1, 0.15) is 24.0 Å². The Morgan fingerprint density at radius 2 is 1.92 bits per heavy atom. The van der Waals surface area contributed by atoms with E-state index < -0.39 is 0 Å². The zero-order valence-electron chi connectivity index (χ0n) is 20.3. The molecule has 1 amide bonds. The Balaban J connectivity index is 0.00000320. The third-order valence-electron chi connectivity index (χ3n) is 6.23. The van der Waals surface area contributed by atoms with Crippen LogP contribution in [-0.4, -0.2) is 34.0 Å². The van der Waals surface area contributed by atoms with Crippen LogP contribution >= 0.6 is 23.2 Å². The van der Waals surface area contributed by atoms with Crippen molar-refractivity contribution in [3.05, 3.63) is 106 Å². The molecule has 0 atom stereocenters. The van der Waals surface area contributed by atoms with E-state index in [1.165, 1.54) is 0 Å². The predicted molar refractivity (Wildman–Crippen MR) is 147 cm³/mol. The van der Waals surface area contributed by atoms with E-state index in [1.807, 2.05) is 78.7 Å².